The van der Waals surface area contributed by atoms with Gasteiger partial charge in [-0.1, -0.05) is 13.8 Å². The number of hydrogen-bond donors (Lipinski definition) is 4. The number of primary amides is 1. The number of carbonyl (C=O) groups is 3. The van der Waals surface area contributed by atoms with Crippen LogP contribution in [0.15, 0.2) is 12.4 Å². The molecule has 9 heteroatoms. The summed E-state index contributed by atoms with van der Waals surface area (Å²) in [6, 6.07) is -1.76. The van der Waals surface area contributed by atoms with E-state index in [1.165, 1.54) is 12.4 Å². The van der Waals surface area contributed by atoms with E-state index in [9.17, 15) is 14.4 Å². The monoisotopic (exact) mass is 281 g/mol. The topological polar surface area (TPSA) is 147 Å². The van der Waals surface area contributed by atoms with Crippen molar-refractivity contribution >= 4 is 23.7 Å². The van der Waals surface area contributed by atoms with Gasteiger partial charge in [-0.05, 0) is 5.92 Å². The molecule has 1 heterocycles. The maximum absolute atomic E-state index is 12.0. The van der Waals surface area contributed by atoms with Crippen molar-refractivity contribution in [2.75, 3.05) is 5.32 Å². The van der Waals surface area contributed by atoms with Crippen LogP contribution in [0.2, 0.25) is 0 Å². The second kappa shape index (κ2) is 6.45. The molecule has 0 saturated carbocycles. The zero-order valence-corrected chi connectivity index (χ0v) is 11.0. The second-order valence-corrected chi connectivity index (χ2v) is 4.28. The van der Waals surface area contributed by atoms with E-state index in [1.54, 1.807) is 13.8 Å². The Morgan fingerprint density at radius 1 is 1.25 bits per heavy atom. The number of nitrogens with zero attached hydrogens (tertiary/aromatic N) is 2. The van der Waals surface area contributed by atoms with Crippen LogP contribution in [0.25, 0.3) is 0 Å². The van der Waals surface area contributed by atoms with Gasteiger partial charge in [0.05, 0.1) is 0 Å². The molecular weight excluding hydrogens is 266 g/mol. The van der Waals surface area contributed by atoms with Gasteiger partial charge >= 0.3 is 12.0 Å². The van der Waals surface area contributed by atoms with Crippen LogP contribution in [0, 0.1) is 5.92 Å². The van der Waals surface area contributed by atoms with Gasteiger partial charge in [0.25, 0.3) is 0 Å². The van der Waals surface area contributed by atoms with Crippen LogP contribution in [-0.2, 0) is 4.79 Å². The standard InChI is InChI=1S/C11H15N5O4/c1-5(2)6(15-11(12)20)9(17)16-8-7(10(18)19)13-3-4-14-8/h3-6H,1-2H3,(H,18,19)(H3,12,15,20)(H,14,16,17). The smallest absolute Gasteiger partial charge is 0.358 e. The van der Waals surface area contributed by atoms with Crippen molar-refractivity contribution in [2.45, 2.75) is 19.9 Å². The van der Waals surface area contributed by atoms with Gasteiger partial charge in [0, 0.05) is 12.4 Å². The highest BCUT2D eigenvalue weighted by Crippen LogP contribution is 2.10. The fourth-order valence-electron chi connectivity index (χ4n) is 1.47. The minimum Gasteiger partial charge on any atom is -0.476 e. The highest BCUT2D eigenvalue weighted by Gasteiger charge is 2.25. The number of rotatable bonds is 5. The lowest BCUT2D eigenvalue weighted by Crippen LogP contribution is -2.49. The van der Waals surface area contributed by atoms with Crippen molar-refractivity contribution in [3.8, 4) is 0 Å². The minimum absolute atomic E-state index is 0.193. The summed E-state index contributed by atoms with van der Waals surface area (Å²) >= 11 is 0. The summed E-state index contributed by atoms with van der Waals surface area (Å²) < 4.78 is 0. The molecule has 0 saturated heterocycles. The van der Waals surface area contributed by atoms with E-state index in [0.29, 0.717) is 0 Å². The Labute approximate surface area is 114 Å². The summed E-state index contributed by atoms with van der Waals surface area (Å²) in [5.74, 6) is -2.38. The second-order valence-electron chi connectivity index (χ2n) is 4.28. The molecule has 9 nitrogen and oxygen atoms in total. The molecule has 0 aliphatic rings. The Hall–Kier alpha value is -2.71. The lowest BCUT2D eigenvalue weighted by Gasteiger charge is -2.20. The van der Waals surface area contributed by atoms with Gasteiger partial charge in [0.1, 0.15) is 6.04 Å². The van der Waals surface area contributed by atoms with Crippen LogP contribution in [-0.4, -0.2) is 39.0 Å². The van der Waals surface area contributed by atoms with E-state index in [4.69, 9.17) is 10.8 Å². The van der Waals surface area contributed by atoms with Crippen LogP contribution in [0.3, 0.4) is 0 Å². The fourth-order valence-corrected chi connectivity index (χ4v) is 1.47. The molecular formula is C11H15N5O4. The molecule has 20 heavy (non-hydrogen) atoms. The van der Waals surface area contributed by atoms with Crippen LogP contribution in [0.1, 0.15) is 24.3 Å². The van der Waals surface area contributed by atoms with Gasteiger partial charge in [-0.2, -0.15) is 0 Å². The number of carbonyl (C=O) groups excluding carboxylic acids is 2. The summed E-state index contributed by atoms with van der Waals surface area (Å²) in [6.07, 6.45) is 2.44. The van der Waals surface area contributed by atoms with Crippen molar-refractivity contribution in [2.24, 2.45) is 11.7 Å². The molecule has 0 bridgehead atoms. The zero-order chi connectivity index (χ0) is 15.3. The van der Waals surface area contributed by atoms with Crippen molar-refractivity contribution < 1.29 is 19.5 Å². The predicted octanol–water partition coefficient (Wildman–Crippen LogP) is -0.194. The van der Waals surface area contributed by atoms with Crippen LogP contribution < -0.4 is 16.4 Å². The van der Waals surface area contributed by atoms with E-state index in [1.807, 2.05) is 0 Å². The molecule has 0 aliphatic heterocycles. The molecule has 1 atom stereocenters. The number of amides is 3. The lowest BCUT2D eigenvalue weighted by atomic mass is 10.0. The summed E-state index contributed by atoms with van der Waals surface area (Å²) in [5.41, 5.74) is 4.60. The van der Waals surface area contributed by atoms with E-state index in [-0.39, 0.29) is 17.4 Å². The van der Waals surface area contributed by atoms with Gasteiger partial charge in [-0.3, -0.25) is 4.79 Å². The number of urea groups is 1. The molecule has 1 unspecified atom stereocenters. The molecule has 0 aliphatic carbocycles. The number of carboxylic acid groups (broad SMARTS) is 1. The normalized spacial score (nSPS) is 11.8. The van der Waals surface area contributed by atoms with Gasteiger partial charge < -0.3 is 21.5 Å². The van der Waals surface area contributed by atoms with Crippen LogP contribution in [0.5, 0.6) is 0 Å². The third-order valence-corrected chi connectivity index (χ3v) is 2.39. The molecule has 0 fully saturated rings. The average molecular weight is 281 g/mol. The van der Waals surface area contributed by atoms with Gasteiger partial charge in [-0.25, -0.2) is 19.6 Å². The molecule has 0 spiro atoms. The van der Waals surface area contributed by atoms with Crippen molar-refractivity contribution in [3.63, 3.8) is 0 Å². The largest absolute Gasteiger partial charge is 0.476 e. The first-order valence-corrected chi connectivity index (χ1v) is 5.74. The molecule has 108 valence electrons. The quantitative estimate of drug-likeness (QED) is 0.587. The molecule has 1 aromatic heterocycles. The first-order valence-electron chi connectivity index (χ1n) is 5.74. The number of hydrogen-bond acceptors (Lipinski definition) is 5. The highest BCUT2D eigenvalue weighted by atomic mass is 16.4. The van der Waals surface area contributed by atoms with Gasteiger partial charge in [0.2, 0.25) is 5.91 Å². The molecule has 1 aromatic rings. The van der Waals surface area contributed by atoms with E-state index < -0.39 is 23.9 Å². The van der Waals surface area contributed by atoms with Gasteiger partial charge in [0.15, 0.2) is 11.5 Å². The number of nitrogens with two attached hydrogens (primary N) is 1. The molecule has 3 amide bonds. The SMILES string of the molecule is CC(C)C(NC(N)=O)C(=O)Nc1nccnc1C(=O)O. The Bertz CT molecular complexity index is 531. The highest BCUT2D eigenvalue weighted by molar-refractivity contribution is 6.00. The summed E-state index contributed by atoms with van der Waals surface area (Å²) in [7, 11) is 0. The summed E-state index contributed by atoms with van der Waals surface area (Å²) in [6.45, 7) is 3.41. The number of carboxylic acids is 1. The first kappa shape index (κ1) is 15.3. The molecule has 1 rings (SSSR count). The Morgan fingerprint density at radius 3 is 2.35 bits per heavy atom. The first-order chi connectivity index (χ1) is 9.32. The van der Waals surface area contributed by atoms with Crippen molar-refractivity contribution in [3.05, 3.63) is 18.1 Å². The van der Waals surface area contributed by atoms with Crippen LogP contribution in [0.4, 0.5) is 10.6 Å². The number of aromatic carboxylic acids is 1. The Balaban J connectivity index is 2.94. The van der Waals surface area contributed by atoms with E-state index in [2.05, 4.69) is 20.6 Å². The van der Waals surface area contributed by atoms with E-state index in [0.717, 1.165) is 0 Å². The average Bonchev–Trinajstić information content (AvgIpc) is 2.35. The number of aromatic nitrogens is 2. The maximum Gasteiger partial charge on any atom is 0.358 e. The maximum atomic E-state index is 12.0. The molecule has 0 radical (unpaired) electrons. The van der Waals surface area contributed by atoms with Crippen molar-refractivity contribution in [1.82, 2.24) is 15.3 Å². The van der Waals surface area contributed by atoms with Gasteiger partial charge in [-0.15, -0.1) is 0 Å². The third-order valence-electron chi connectivity index (χ3n) is 2.39. The van der Waals surface area contributed by atoms with Crippen LogP contribution >= 0.6 is 0 Å². The van der Waals surface area contributed by atoms with E-state index >= 15 is 0 Å². The minimum atomic E-state index is -1.32. The Morgan fingerprint density at radius 2 is 1.85 bits per heavy atom. The number of anilines is 1. The number of nitrogens with one attached hydrogen (secondary N) is 2. The molecule has 5 N–H and O–H groups in total. The fraction of sp³-hybridized carbons (Fsp3) is 0.364. The lowest BCUT2D eigenvalue weighted by molar-refractivity contribution is -0.118. The molecule has 0 aromatic carbocycles. The zero-order valence-electron chi connectivity index (χ0n) is 11.0. The third kappa shape index (κ3) is 3.90. The Kier molecular flexibility index (Phi) is 4.95. The summed E-state index contributed by atoms with van der Waals surface area (Å²) in [5, 5.41) is 13.5. The summed E-state index contributed by atoms with van der Waals surface area (Å²) in [4.78, 5) is 41.2. The van der Waals surface area contributed by atoms with Crippen molar-refractivity contribution in [1.29, 1.82) is 0 Å². The predicted molar refractivity (Wildman–Crippen MR) is 69.0 cm³/mol.